The average molecular weight is 295 g/mol. The van der Waals surface area contributed by atoms with Gasteiger partial charge in [0, 0.05) is 6.54 Å². The summed E-state index contributed by atoms with van der Waals surface area (Å²) in [6.07, 6.45) is 7.04. The molecule has 6 heteroatoms. The first-order chi connectivity index (χ1) is 9.49. The number of aromatic carboxylic acids is 1. The normalized spacial score (nSPS) is 18.9. The molecule has 2 N–H and O–H groups in total. The second kappa shape index (κ2) is 6.19. The van der Waals surface area contributed by atoms with Gasteiger partial charge in [0.25, 0.3) is 0 Å². The molecule has 0 bridgehead atoms. The Balaban J connectivity index is 2.02. The van der Waals surface area contributed by atoms with Crippen LogP contribution in [0.1, 0.15) is 29.6 Å². The van der Waals surface area contributed by atoms with Crippen molar-refractivity contribution in [2.45, 2.75) is 24.2 Å². The Morgan fingerprint density at radius 2 is 1.95 bits per heavy atom. The predicted molar refractivity (Wildman–Crippen MR) is 75.1 cm³/mol. The predicted octanol–water partition coefficient (Wildman–Crippen LogP) is 2.02. The number of hydrogen-bond acceptors (Lipinski definition) is 3. The summed E-state index contributed by atoms with van der Waals surface area (Å²) in [6, 6.07) is 5.21. The van der Waals surface area contributed by atoms with Gasteiger partial charge in [0.05, 0.1) is 10.5 Å². The summed E-state index contributed by atoms with van der Waals surface area (Å²) >= 11 is 0. The quantitative estimate of drug-likeness (QED) is 0.814. The third kappa shape index (κ3) is 3.68. The molecule has 0 saturated heterocycles. The molecular weight excluding hydrogens is 278 g/mol. The summed E-state index contributed by atoms with van der Waals surface area (Å²) < 4.78 is 26.7. The zero-order valence-corrected chi connectivity index (χ0v) is 11.8. The van der Waals surface area contributed by atoms with E-state index >= 15 is 0 Å². The number of nitrogens with one attached hydrogen (secondary N) is 1. The van der Waals surface area contributed by atoms with Crippen LogP contribution in [0.4, 0.5) is 0 Å². The molecule has 0 fully saturated rings. The van der Waals surface area contributed by atoms with Gasteiger partial charge in [0.15, 0.2) is 0 Å². The maximum atomic E-state index is 12.1. The van der Waals surface area contributed by atoms with Gasteiger partial charge in [-0.15, -0.1) is 0 Å². The number of sulfonamides is 1. The van der Waals surface area contributed by atoms with Crippen LogP contribution >= 0.6 is 0 Å². The molecule has 0 aliphatic heterocycles. The molecule has 20 heavy (non-hydrogen) atoms. The number of carbonyl (C=O) groups is 1. The Hall–Kier alpha value is -1.66. The number of benzene rings is 1. The minimum absolute atomic E-state index is 0.0707. The molecule has 1 unspecified atom stereocenters. The lowest BCUT2D eigenvalue weighted by molar-refractivity contribution is 0.0696. The molecule has 1 atom stereocenters. The minimum atomic E-state index is -3.57. The third-order valence-corrected chi connectivity index (χ3v) is 4.79. The van der Waals surface area contributed by atoms with Crippen molar-refractivity contribution in [3.05, 3.63) is 42.0 Å². The zero-order chi connectivity index (χ0) is 14.6. The molecule has 108 valence electrons. The fraction of sp³-hybridized carbons (Fsp3) is 0.357. The van der Waals surface area contributed by atoms with Crippen LogP contribution in [-0.4, -0.2) is 26.0 Å². The molecule has 0 saturated carbocycles. The highest BCUT2D eigenvalue weighted by molar-refractivity contribution is 7.89. The molecule has 0 spiro atoms. The molecule has 0 aromatic heterocycles. The summed E-state index contributed by atoms with van der Waals surface area (Å²) in [5.41, 5.74) is 0.0707. The standard InChI is InChI=1S/C14H17NO4S/c16-14(17)12-6-8-13(9-7-12)20(18,19)15-10-11-4-2-1-3-5-11/h1-2,6-9,11,15H,3-5,10H2,(H,16,17). The first-order valence-electron chi connectivity index (χ1n) is 6.47. The van der Waals surface area contributed by atoms with Gasteiger partial charge in [-0.05, 0) is 49.4 Å². The number of carboxylic acids is 1. The maximum absolute atomic E-state index is 12.1. The molecule has 0 amide bonds. The Morgan fingerprint density at radius 3 is 2.50 bits per heavy atom. The van der Waals surface area contributed by atoms with Crippen LogP contribution in [0.5, 0.6) is 0 Å². The van der Waals surface area contributed by atoms with E-state index in [4.69, 9.17) is 5.11 Å². The highest BCUT2D eigenvalue weighted by atomic mass is 32.2. The largest absolute Gasteiger partial charge is 0.478 e. The van der Waals surface area contributed by atoms with Crippen LogP contribution in [0.25, 0.3) is 0 Å². The van der Waals surface area contributed by atoms with E-state index in [9.17, 15) is 13.2 Å². The lowest BCUT2D eigenvalue weighted by Crippen LogP contribution is -2.29. The van der Waals surface area contributed by atoms with Gasteiger partial charge in [0.2, 0.25) is 10.0 Å². The lowest BCUT2D eigenvalue weighted by Gasteiger charge is -2.18. The van der Waals surface area contributed by atoms with E-state index in [-0.39, 0.29) is 10.5 Å². The third-order valence-electron chi connectivity index (χ3n) is 3.35. The summed E-state index contributed by atoms with van der Waals surface area (Å²) in [5, 5.41) is 8.78. The summed E-state index contributed by atoms with van der Waals surface area (Å²) in [7, 11) is -3.57. The van der Waals surface area contributed by atoms with E-state index in [1.54, 1.807) is 0 Å². The van der Waals surface area contributed by atoms with Crippen molar-refractivity contribution in [1.82, 2.24) is 4.72 Å². The number of rotatable bonds is 5. The van der Waals surface area contributed by atoms with E-state index in [0.29, 0.717) is 12.5 Å². The molecule has 1 aromatic rings. The molecule has 1 aliphatic carbocycles. The van der Waals surface area contributed by atoms with Gasteiger partial charge in [-0.3, -0.25) is 0 Å². The van der Waals surface area contributed by atoms with Crippen LogP contribution < -0.4 is 4.72 Å². The van der Waals surface area contributed by atoms with Crippen molar-refractivity contribution in [3.8, 4) is 0 Å². The van der Waals surface area contributed by atoms with Crippen LogP contribution in [0, 0.1) is 5.92 Å². The van der Waals surface area contributed by atoms with Gasteiger partial charge in [-0.1, -0.05) is 12.2 Å². The van der Waals surface area contributed by atoms with Crippen molar-refractivity contribution in [2.24, 2.45) is 5.92 Å². The van der Waals surface area contributed by atoms with E-state index < -0.39 is 16.0 Å². The lowest BCUT2D eigenvalue weighted by atomic mass is 9.95. The van der Waals surface area contributed by atoms with Crippen LogP contribution in [0.2, 0.25) is 0 Å². The van der Waals surface area contributed by atoms with Gasteiger partial charge in [-0.2, -0.15) is 0 Å². The monoisotopic (exact) mass is 295 g/mol. The van der Waals surface area contributed by atoms with Gasteiger partial charge in [-0.25, -0.2) is 17.9 Å². The van der Waals surface area contributed by atoms with Gasteiger partial charge >= 0.3 is 5.97 Å². The van der Waals surface area contributed by atoms with Gasteiger partial charge < -0.3 is 5.11 Å². The summed E-state index contributed by atoms with van der Waals surface area (Å²) in [4.78, 5) is 10.8. The maximum Gasteiger partial charge on any atom is 0.335 e. The van der Waals surface area contributed by atoms with Crippen molar-refractivity contribution >= 4 is 16.0 Å². The van der Waals surface area contributed by atoms with Crippen LogP contribution in [0.3, 0.4) is 0 Å². The highest BCUT2D eigenvalue weighted by Crippen LogP contribution is 2.18. The zero-order valence-electron chi connectivity index (χ0n) is 11.0. The molecule has 1 aliphatic rings. The molecular formula is C14H17NO4S. The fourth-order valence-corrected chi connectivity index (χ4v) is 3.25. The first-order valence-corrected chi connectivity index (χ1v) is 7.95. The van der Waals surface area contributed by atoms with E-state index in [1.807, 2.05) is 0 Å². The van der Waals surface area contributed by atoms with E-state index in [1.165, 1.54) is 24.3 Å². The summed E-state index contributed by atoms with van der Waals surface area (Å²) in [5.74, 6) is -0.746. The summed E-state index contributed by atoms with van der Waals surface area (Å²) in [6.45, 7) is 0.410. The van der Waals surface area contributed by atoms with E-state index in [0.717, 1.165) is 19.3 Å². The van der Waals surface area contributed by atoms with Crippen molar-refractivity contribution in [1.29, 1.82) is 0 Å². The number of carboxylic acid groups (broad SMARTS) is 1. The van der Waals surface area contributed by atoms with Crippen molar-refractivity contribution in [3.63, 3.8) is 0 Å². The van der Waals surface area contributed by atoms with E-state index in [2.05, 4.69) is 16.9 Å². The molecule has 2 rings (SSSR count). The molecule has 1 aromatic carbocycles. The fourth-order valence-electron chi connectivity index (χ4n) is 2.13. The van der Waals surface area contributed by atoms with Gasteiger partial charge in [0.1, 0.15) is 0 Å². The Labute approximate surface area is 118 Å². The second-order valence-electron chi connectivity index (χ2n) is 4.83. The average Bonchev–Trinajstić information content (AvgIpc) is 2.46. The molecule has 0 heterocycles. The van der Waals surface area contributed by atoms with Crippen LogP contribution in [0.15, 0.2) is 41.3 Å². The molecule has 5 nitrogen and oxygen atoms in total. The Bertz CT molecular complexity index is 605. The number of hydrogen-bond donors (Lipinski definition) is 2. The SMILES string of the molecule is O=C(O)c1ccc(S(=O)(=O)NCC2CC=CCC2)cc1. The Kier molecular flexibility index (Phi) is 4.57. The highest BCUT2D eigenvalue weighted by Gasteiger charge is 2.17. The topological polar surface area (TPSA) is 83.5 Å². The molecule has 0 radical (unpaired) electrons. The van der Waals surface area contributed by atoms with Crippen LogP contribution in [-0.2, 0) is 10.0 Å². The first kappa shape index (κ1) is 14.7. The minimum Gasteiger partial charge on any atom is -0.478 e. The van der Waals surface area contributed by atoms with Crippen molar-refractivity contribution in [2.75, 3.05) is 6.54 Å². The number of allylic oxidation sites excluding steroid dienone is 2. The second-order valence-corrected chi connectivity index (χ2v) is 6.60. The van der Waals surface area contributed by atoms with Crippen molar-refractivity contribution < 1.29 is 18.3 Å². The smallest absolute Gasteiger partial charge is 0.335 e. The Morgan fingerprint density at radius 1 is 1.25 bits per heavy atom.